The number of carbonyl (C=O) groups excluding carboxylic acids is 1. The number of carbonyl (C=O) groups is 1. The minimum Gasteiger partial charge on any atom is -0.484 e. The first kappa shape index (κ1) is 23.7. The van der Waals surface area contributed by atoms with Gasteiger partial charge >= 0.3 is 0 Å². The van der Waals surface area contributed by atoms with E-state index in [4.69, 9.17) is 4.74 Å². The molecule has 0 fully saturated rings. The summed E-state index contributed by atoms with van der Waals surface area (Å²) in [5.74, 6) is 1.24. The lowest BCUT2D eigenvalue weighted by molar-refractivity contribution is -0.134. The Hall–Kier alpha value is -2.54. The van der Waals surface area contributed by atoms with Gasteiger partial charge in [-0.25, -0.2) is 8.42 Å². The van der Waals surface area contributed by atoms with E-state index >= 15 is 0 Å². The van der Waals surface area contributed by atoms with Crippen LogP contribution in [0.3, 0.4) is 0 Å². The van der Waals surface area contributed by atoms with E-state index in [1.807, 2.05) is 4.90 Å². The van der Waals surface area contributed by atoms with Crippen molar-refractivity contribution in [1.29, 1.82) is 0 Å². The zero-order valence-corrected chi connectivity index (χ0v) is 19.2. The van der Waals surface area contributed by atoms with Crippen LogP contribution in [0.4, 0.5) is 5.69 Å². The van der Waals surface area contributed by atoms with E-state index in [2.05, 4.69) is 27.7 Å². The van der Waals surface area contributed by atoms with Gasteiger partial charge in [0, 0.05) is 20.1 Å². The topological polar surface area (TPSA) is 66.9 Å². The average Bonchev–Trinajstić information content (AvgIpc) is 2.71. The van der Waals surface area contributed by atoms with Gasteiger partial charge in [-0.1, -0.05) is 45.9 Å². The van der Waals surface area contributed by atoms with Crippen molar-refractivity contribution in [2.75, 3.05) is 31.0 Å². The molecule has 0 aromatic heterocycles. The fraction of sp³-hybridized carbons (Fsp3) is 0.435. The van der Waals surface area contributed by atoms with Crippen LogP contribution in [0.25, 0.3) is 0 Å². The van der Waals surface area contributed by atoms with Gasteiger partial charge in [0.05, 0.1) is 10.6 Å². The standard InChI is InChI=1S/C23H32N2O4S/c1-18(2)15-25(16-19(3)4)23(26)17-29-21-13-11-20(12-14-21)24(5)30(27,28)22-9-7-6-8-10-22/h6-14,18-19H,15-17H2,1-5H3. The van der Waals surface area contributed by atoms with Crippen LogP contribution in [0.1, 0.15) is 27.7 Å². The van der Waals surface area contributed by atoms with Crippen LogP contribution in [0.15, 0.2) is 59.5 Å². The summed E-state index contributed by atoms with van der Waals surface area (Å²) in [6, 6.07) is 15.0. The molecule has 0 saturated heterocycles. The minimum atomic E-state index is -3.63. The molecule has 30 heavy (non-hydrogen) atoms. The van der Waals surface area contributed by atoms with Crippen molar-refractivity contribution >= 4 is 21.6 Å². The Kier molecular flexibility index (Phi) is 8.29. The second kappa shape index (κ2) is 10.5. The van der Waals surface area contributed by atoms with E-state index in [1.165, 1.54) is 11.4 Å². The third-order valence-electron chi connectivity index (χ3n) is 4.49. The molecule has 0 radical (unpaired) electrons. The molecule has 164 valence electrons. The van der Waals surface area contributed by atoms with Gasteiger partial charge in [0.1, 0.15) is 5.75 Å². The molecule has 0 bridgehead atoms. The fourth-order valence-corrected chi connectivity index (χ4v) is 4.25. The van der Waals surface area contributed by atoms with Crippen LogP contribution < -0.4 is 9.04 Å². The smallest absolute Gasteiger partial charge is 0.264 e. The number of hydrogen-bond acceptors (Lipinski definition) is 4. The predicted octanol–water partition coefficient (Wildman–Crippen LogP) is 4.03. The van der Waals surface area contributed by atoms with Crippen molar-refractivity contribution in [2.24, 2.45) is 11.8 Å². The second-order valence-electron chi connectivity index (χ2n) is 8.15. The van der Waals surface area contributed by atoms with E-state index in [0.717, 1.165) is 0 Å². The lowest BCUT2D eigenvalue weighted by Gasteiger charge is -2.26. The molecule has 2 aromatic carbocycles. The van der Waals surface area contributed by atoms with E-state index < -0.39 is 10.0 Å². The fourth-order valence-electron chi connectivity index (χ4n) is 3.04. The predicted molar refractivity (Wildman–Crippen MR) is 120 cm³/mol. The zero-order chi connectivity index (χ0) is 22.3. The van der Waals surface area contributed by atoms with E-state index in [0.29, 0.717) is 36.4 Å². The van der Waals surface area contributed by atoms with Gasteiger partial charge in [-0.3, -0.25) is 9.10 Å². The van der Waals surface area contributed by atoms with Crippen molar-refractivity contribution < 1.29 is 17.9 Å². The van der Waals surface area contributed by atoms with E-state index in [-0.39, 0.29) is 17.4 Å². The first-order valence-corrected chi connectivity index (χ1v) is 11.6. The Labute approximate surface area is 180 Å². The maximum Gasteiger partial charge on any atom is 0.264 e. The SMILES string of the molecule is CC(C)CN(CC(C)C)C(=O)COc1ccc(N(C)S(=O)(=O)c2ccccc2)cc1. The Morgan fingerprint density at radius 1 is 0.900 bits per heavy atom. The Balaban J connectivity index is 2.02. The van der Waals surface area contributed by atoms with Crippen molar-refractivity contribution in [3.8, 4) is 5.75 Å². The normalized spacial score (nSPS) is 11.6. The maximum absolute atomic E-state index is 12.7. The van der Waals surface area contributed by atoms with Crippen molar-refractivity contribution in [1.82, 2.24) is 4.90 Å². The molecule has 7 heteroatoms. The molecule has 2 aromatic rings. The number of nitrogens with zero attached hydrogens (tertiary/aromatic N) is 2. The molecule has 0 unspecified atom stereocenters. The monoisotopic (exact) mass is 432 g/mol. The van der Waals surface area contributed by atoms with Crippen LogP contribution in [0, 0.1) is 11.8 Å². The summed E-state index contributed by atoms with van der Waals surface area (Å²) in [4.78, 5) is 14.6. The van der Waals surface area contributed by atoms with Crippen LogP contribution in [-0.4, -0.2) is 46.0 Å². The van der Waals surface area contributed by atoms with Gasteiger partial charge in [-0.05, 0) is 48.2 Å². The van der Waals surface area contributed by atoms with Crippen LogP contribution >= 0.6 is 0 Å². The Morgan fingerprint density at radius 3 is 1.93 bits per heavy atom. The summed E-state index contributed by atoms with van der Waals surface area (Å²) < 4.78 is 32.3. The third kappa shape index (κ3) is 6.49. The third-order valence-corrected chi connectivity index (χ3v) is 6.29. The first-order chi connectivity index (χ1) is 14.1. The molecule has 0 atom stereocenters. The summed E-state index contributed by atoms with van der Waals surface area (Å²) in [7, 11) is -2.12. The van der Waals surface area contributed by atoms with Gasteiger partial charge in [-0.2, -0.15) is 0 Å². The second-order valence-corrected chi connectivity index (χ2v) is 10.1. The largest absolute Gasteiger partial charge is 0.484 e. The first-order valence-electron chi connectivity index (χ1n) is 10.2. The zero-order valence-electron chi connectivity index (χ0n) is 18.4. The number of amides is 1. The molecule has 1 amide bonds. The highest BCUT2D eigenvalue weighted by molar-refractivity contribution is 7.92. The number of sulfonamides is 1. The summed E-state index contributed by atoms with van der Waals surface area (Å²) in [5.41, 5.74) is 0.513. The van der Waals surface area contributed by atoms with E-state index in [9.17, 15) is 13.2 Å². The van der Waals surface area contributed by atoms with Gasteiger partial charge in [0.25, 0.3) is 15.9 Å². The lowest BCUT2D eigenvalue weighted by atomic mass is 10.1. The molecule has 0 aliphatic carbocycles. The summed E-state index contributed by atoms with van der Waals surface area (Å²) >= 11 is 0. The number of ether oxygens (including phenoxy) is 1. The van der Waals surface area contributed by atoms with Gasteiger partial charge in [-0.15, -0.1) is 0 Å². The van der Waals surface area contributed by atoms with E-state index in [1.54, 1.807) is 54.6 Å². The van der Waals surface area contributed by atoms with Crippen molar-refractivity contribution in [3.05, 3.63) is 54.6 Å². The molecule has 0 saturated carbocycles. The quantitative estimate of drug-likeness (QED) is 0.568. The number of benzene rings is 2. The molecule has 0 aliphatic heterocycles. The number of anilines is 1. The molecule has 0 spiro atoms. The maximum atomic E-state index is 12.7. The molecular weight excluding hydrogens is 400 g/mol. The summed E-state index contributed by atoms with van der Waals surface area (Å²) in [5, 5.41) is 0. The Bertz CT molecular complexity index is 900. The molecular formula is C23H32N2O4S. The molecule has 0 aliphatic rings. The van der Waals surface area contributed by atoms with Gasteiger partial charge in [0.2, 0.25) is 0 Å². The lowest BCUT2D eigenvalue weighted by Crippen LogP contribution is -2.39. The highest BCUT2D eigenvalue weighted by atomic mass is 32.2. The summed E-state index contributed by atoms with van der Waals surface area (Å²) in [6.07, 6.45) is 0. The molecule has 0 N–H and O–H groups in total. The molecule has 6 nitrogen and oxygen atoms in total. The van der Waals surface area contributed by atoms with Gasteiger partial charge < -0.3 is 9.64 Å². The highest BCUT2D eigenvalue weighted by Crippen LogP contribution is 2.24. The van der Waals surface area contributed by atoms with Crippen molar-refractivity contribution in [2.45, 2.75) is 32.6 Å². The van der Waals surface area contributed by atoms with Crippen LogP contribution in [0.5, 0.6) is 5.75 Å². The summed E-state index contributed by atoms with van der Waals surface area (Å²) in [6.45, 7) is 9.68. The molecule has 2 rings (SSSR count). The Morgan fingerprint density at radius 2 is 1.43 bits per heavy atom. The highest BCUT2D eigenvalue weighted by Gasteiger charge is 2.21. The van der Waals surface area contributed by atoms with Crippen LogP contribution in [-0.2, 0) is 14.8 Å². The minimum absolute atomic E-state index is 0.0447. The van der Waals surface area contributed by atoms with Crippen molar-refractivity contribution in [3.63, 3.8) is 0 Å². The number of hydrogen-bond donors (Lipinski definition) is 0. The average molecular weight is 433 g/mol. The van der Waals surface area contributed by atoms with Gasteiger partial charge in [0.15, 0.2) is 6.61 Å². The van der Waals surface area contributed by atoms with Crippen LogP contribution in [0.2, 0.25) is 0 Å². The molecule has 0 heterocycles. The number of rotatable bonds is 10.